The fourth-order valence-electron chi connectivity index (χ4n) is 3.75. The highest BCUT2D eigenvalue weighted by molar-refractivity contribution is 5.92. The number of hydrogen-bond donors (Lipinski definition) is 1. The van der Waals surface area contributed by atoms with E-state index in [-0.39, 0.29) is 17.7 Å². The van der Waals surface area contributed by atoms with Gasteiger partial charge in [0.15, 0.2) is 0 Å². The zero-order valence-corrected chi connectivity index (χ0v) is 18.2. The lowest BCUT2D eigenvalue weighted by molar-refractivity contribution is -0.127. The van der Waals surface area contributed by atoms with Crippen LogP contribution in [0.3, 0.4) is 0 Å². The monoisotopic (exact) mass is 430 g/mol. The quantitative estimate of drug-likeness (QED) is 0.605. The summed E-state index contributed by atoms with van der Waals surface area (Å²) in [5.74, 6) is 0.928. The van der Waals surface area contributed by atoms with Crippen LogP contribution in [-0.2, 0) is 9.59 Å². The Morgan fingerprint density at radius 3 is 2.59 bits per heavy atom. The summed E-state index contributed by atoms with van der Waals surface area (Å²) in [6.07, 6.45) is 5.26. The van der Waals surface area contributed by atoms with Gasteiger partial charge in [-0.05, 0) is 55.7 Å². The number of hydrogen-bond acceptors (Lipinski definition) is 5. The summed E-state index contributed by atoms with van der Waals surface area (Å²) in [6, 6.07) is 15.3. The van der Waals surface area contributed by atoms with Crippen LogP contribution in [-0.4, -0.2) is 39.9 Å². The van der Waals surface area contributed by atoms with Gasteiger partial charge in [0, 0.05) is 37.3 Å². The molecule has 32 heavy (non-hydrogen) atoms. The lowest BCUT2D eigenvalue weighted by Crippen LogP contribution is -2.38. The fourth-order valence-corrected chi connectivity index (χ4v) is 3.75. The zero-order valence-electron chi connectivity index (χ0n) is 18.2. The van der Waals surface area contributed by atoms with Crippen molar-refractivity contribution < 1.29 is 14.1 Å². The van der Waals surface area contributed by atoms with Crippen molar-refractivity contribution in [2.45, 2.75) is 32.6 Å². The van der Waals surface area contributed by atoms with Crippen molar-refractivity contribution in [3.63, 3.8) is 0 Å². The molecule has 0 spiro atoms. The number of rotatable bonds is 5. The summed E-state index contributed by atoms with van der Waals surface area (Å²) in [5, 5.41) is 6.85. The molecule has 2 aromatic carbocycles. The Balaban J connectivity index is 1.40. The van der Waals surface area contributed by atoms with Gasteiger partial charge in [-0.25, -0.2) is 0 Å². The molecule has 1 saturated heterocycles. The Labute approximate surface area is 187 Å². The third kappa shape index (κ3) is 5.29. The highest BCUT2D eigenvalue weighted by Crippen LogP contribution is 2.28. The molecule has 1 aromatic heterocycles. The number of aromatic nitrogens is 2. The summed E-state index contributed by atoms with van der Waals surface area (Å²) in [6.45, 7) is 4.78. The Morgan fingerprint density at radius 1 is 1.12 bits per heavy atom. The Kier molecular flexibility index (Phi) is 6.44. The van der Waals surface area contributed by atoms with Crippen LogP contribution < -0.4 is 5.32 Å². The van der Waals surface area contributed by atoms with Gasteiger partial charge in [-0.1, -0.05) is 35.0 Å². The molecule has 7 heteroatoms. The van der Waals surface area contributed by atoms with E-state index in [2.05, 4.69) is 15.5 Å². The second-order valence-electron chi connectivity index (χ2n) is 8.08. The topological polar surface area (TPSA) is 88.3 Å². The van der Waals surface area contributed by atoms with Crippen molar-refractivity contribution in [2.24, 2.45) is 0 Å². The minimum absolute atomic E-state index is 0.0106. The summed E-state index contributed by atoms with van der Waals surface area (Å²) >= 11 is 0. The second-order valence-corrected chi connectivity index (χ2v) is 8.08. The van der Waals surface area contributed by atoms with Crippen molar-refractivity contribution in [2.75, 3.05) is 18.4 Å². The van der Waals surface area contributed by atoms with E-state index in [0.29, 0.717) is 23.9 Å². The van der Waals surface area contributed by atoms with Crippen molar-refractivity contribution >= 4 is 23.6 Å². The number of benzene rings is 2. The Bertz CT molecular complexity index is 1120. The number of likely N-dealkylation sites (tertiary alicyclic amines) is 1. The van der Waals surface area contributed by atoms with Crippen LogP contribution in [0.2, 0.25) is 0 Å². The van der Waals surface area contributed by atoms with Gasteiger partial charge < -0.3 is 14.7 Å². The lowest BCUT2D eigenvalue weighted by Gasteiger charge is -2.30. The highest BCUT2D eigenvalue weighted by Gasteiger charge is 2.28. The van der Waals surface area contributed by atoms with Crippen LogP contribution in [0, 0.1) is 6.92 Å². The van der Waals surface area contributed by atoms with Crippen molar-refractivity contribution in [1.82, 2.24) is 15.0 Å². The number of anilines is 1. The standard InChI is InChI=1S/C25H26N4O3/c1-17-5-7-19(8-6-17)9-14-23(31)29-15-3-4-21(16-29)25-27-24(28-32-25)20-10-12-22(13-11-20)26-18(2)30/h5-14,21H,3-4,15-16H2,1-2H3,(H,26,30)/b14-9+/t21-/m0/s1. The van der Waals surface area contributed by atoms with E-state index < -0.39 is 0 Å². The van der Waals surface area contributed by atoms with E-state index in [0.717, 1.165) is 30.5 Å². The van der Waals surface area contributed by atoms with E-state index >= 15 is 0 Å². The minimum Gasteiger partial charge on any atom is -0.339 e. The van der Waals surface area contributed by atoms with Gasteiger partial charge in [-0.2, -0.15) is 4.98 Å². The molecule has 0 saturated carbocycles. The second kappa shape index (κ2) is 9.60. The van der Waals surface area contributed by atoms with E-state index in [1.807, 2.05) is 54.3 Å². The van der Waals surface area contributed by atoms with Crippen molar-refractivity contribution in [1.29, 1.82) is 0 Å². The number of amides is 2. The molecule has 1 N–H and O–H groups in total. The van der Waals surface area contributed by atoms with Gasteiger partial charge >= 0.3 is 0 Å². The first kappa shape index (κ1) is 21.5. The van der Waals surface area contributed by atoms with Gasteiger partial charge in [0.2, 0.25) is 23.5 Å². The SMILES string of the molecule is CC(=O)Nc1ccc(-c2noc([C@H]3CCCN(C(=O)/C=C/c4ccc(C)cc4)C3)n2)cc1. The number of carbonyl (C=O) groups excluding carboxylic acids is 2. The number of carbonyl (C=O) groups is 2. The van der Waals surface area contributed by atoms with E-state index in [1.54, 1.807) is 18.2 Å². The fraction of sp³-hybridized carbons (Fsp3) is 0.280. The first-order chi connectivity index (χ1) is 15.5. The van der Waals surface area contributed by atoms with Crippen LogP contribution in [0.4, 0.5) is 5.69 Å². The predicted octanol–water partition coefficient (Wildman–Crippen LogP) is 4.42. The molecule has 7 nitrogen and oxygen atoms in total. The molecule has 1 atom stereocenters. The molecule has 2 amide bonds. The van der Waals surface area contributed by atoms with E-state index in [4.69, 9.17) is 4.52 Å². The zero-order chi connectivity index (χ0) is 22.5. The predicted molar refractivity (Wildman–Crippen MR) is 123 cm³/mol. The number of nitrogens with zero attached hydrogens (tertiary/aromatic N) is 3. The first-order valence-electron chi connectivity index (χ1n) is 10.7. The van der Waals surface area contributed by atoms with Gasteiger partial charge in [0.05, 0.1) is 5.92 Å². The molecule has 1 fully saturated rings. The molecular weight excluding hydrogens is 404 g/mol. The minimum atomic E-state index is -0.121. The lowest BCUT2D eigenvalue weighted by atomic mass is 9.98. The molecule has 0 unspecified atom stereocenters. The van der Waals surface area contributed by atoms with E-state index in [9.17, 15) is 9.59 Å². The maximum atomic E-state index is 12.7. The number of nitrogens with one attached hydrogen (secondary N) is 1. The summed E-state index contributed by atoms with van der Waals surface area (Å²) in [5.41, 5.74) is 3.71. The third-order valence-corrected chi connectivity index (χ3v) is 5.48. The van der Waals surface area contributed by atoms with Gasteiger partial charge in [-0.15, -0.1) is 0 Å². The van der Waals surface area contributed by atoms with Crippen LogP contribution >= 0.6 is 0 Å². The molecule has 0 aliphatic carbocycles. The van der Waals surface area contributed by atoms with Crippen LogP contribution in [0.25, 0.3) is 17.5 Å². The maximum Gasteiger partial charge on any atom is 0.246 e. The highest BCUT2D eigenvalue weighted by atomic mass is 16.5. The van der Waals surface area contributed by atoms with Crippen LogP contribution in [0.5, 0.6) is 0 Å². The molecule has 2 heterocycles. The maximum absolute atomic E-state index is 12.7. The molecular formula is C25H26N4O3. The molecule has 4 rings (SSSR count). The summed E-state index contributed by atoms with van der Waals surface area (Å²) < 4.78 is 5.54. The van der Waals surface area contributed by atoms with E-state index in [1.165, 1.54) is 12.5 Å². The van der Waals surface area contributed by atoms with Gasteiger partial charge in [0.1, 0.15) is 0 Å². The average Bonchev–Trinajstić information content (AvgIpc) is 3.29. The van der Waals surface area contributed by atoms with Crippen molar-refractivity contribution in [3.8, 4) is 11.4 Å². The van der Waals surface area contributed by atoms with Gasteiger partial charge in [0.25, 0.3) is 0 Å². The molecule has 3 aromatic rings. The largest absolute Gasteiger partial charge is 0.339 e. The Morgan fingerprint density at radius 2 is 1.88 bits per heavy atom. The molecule has 0 radical (unpaired) electrons. The van der Waals surface area contributed by atoms with Crippen LogP contribution in [0.1, 0.15) is 42.7 Å². The van der Waals surface area contributed by atoms with Crippen molar-refractivity contribution in [3.05, 3.63) is 71.6 Å². The smallest absolute Gasteiger partial charge is 0.246 e. The number of aryl methyl sites for hydroxylation is 1. The number of piperidine rings is 1. The molecule has 164 valence electrons. The molecule has 0 bridgehead atoms. The molecule has 1 aliphatic rings. The average molecular weight is 431 g/mol. The van der Waals surface area contributed by atoms with Crippen LogP contribution in [0.15, 0.2) is 59.1 Å². The van der Waals surface area contributed by atoms with Gasteiger partial charge in [-0.3, -0.25) is 9.59 Å². The molecule has 1 aliphatic heterocycles. The summed E-state index contributed by atoms with van der Waals surface area (Å²) in [4.78, 5) is 30.3. The normalized spacial score (nSPS) is 16.3. The first-order valence-corrected chi connectivity index (χ1v) is 10.7. The summed E-state index contributed by atoms with van der Waals surface area (Å²) in [7, 11) is 0. The Hall–Kier alpha value is -3.74. The third-order valence-electron chi connectivity index (χ3n) is 5.48.